The quantitative estimate of drug-likeness (QED) is 0.133. The molecule has 0 saturated heterocycles. The monoisotopic (exact) mass is 531 g/mol. The number of anilines is 3. The molecule has 2 amide bonds. The fraction of sp³-hybridized carbons (Fsp3) is 0.233. The van der Waals surface area contributed by atoms with E-state index in [9.17, 15) is 19.5 Å². The standard InChI is InChI=1S/C30H33N3O6/c1-19(8-4-7-11-28(36)33-25-10-6-5-9-24(25)31)29(22-14-17-27(38-3)26(35)18-22)39-30(37)32-23-15-12-21(13-16-23)20(2)34/h5-7,9-19,29,35H,4,8,31H2,1-3H3,(H,32,37)(H,33,36)/b11-7+/t19-,29-/m1/s1. The van der Waals surface area contributed by atoms with Gasteiger partial charge in [-0.1, -0.05) is 31.2 Å². The molecule has 3 aromatic rings. The second kappa shape index (κ2) is 13.7. The lowest BCUT2D eigenvalue weighted by Crippen LogP contribution is -2.22. The van der Waals surface area contributed by atoms with Gasteiger partial charge >= 0.3 is 6.09 Å². The summed E-state index contributed by atoms with van der Waals surface area (Å²) in [4.78, 5) is 36.5. The van der Waals surface area contributed by atoms with Crippen LogP contribution in [0.15, 0.2) is 78.9 Å². The number of methoxy groups -OCH3 is 1. The van der Waals surface area contributed by atoms with Gasteiger partial charge < -0.3 is 25.6 Å². The van der Waals surface area contributed by atoms with Crippen LogP contribution in [-0.2, 0) is 9.53 Å². The Hall–Kier alpha value is -4.79. The Kier molecular flexibility index (Phi) is 10.1. The van der Waals surface area contributed by atoms with Crippen molar-refractivity contribution in [3.63, 3.8) is 0 Å². The Labute approximate surface area is 227 Å². The Morgan fingerprint density at radius 1 is 1.03 bits per heavy atom. The lowest BCUT2D eigenvalue weighted by molar-refractivity contribution is -0.111. The number of carbonyl (C=O) groups excluding carboxylic acids is 3. The van der Waals surface area contributed by atoms with Gasteiger partial charge in [0.2, 0.25) is 5.91 Å². The lowest BCUT2D eigenvalue weighted by Gasteiger charge is -2.25. The molecule has 0 aromatic heterocycles. The molecule has 0 bridgehead atoms. The van der Waals surface area contributed by atoms with E-state index < -0.39 is 12.2 Å². The Bertz CT molecular complexity index is 1340. The predicted octanol–water partition coefficient (Wildman–Crippen LogP) is 6.09. The molecule has 3 aromatic carbocycles. The molecule has 0 radical (unpaired) electrons. The first-order valence-corrected chi connectivity index (χ1v) is 12.5. The molecule has 2 atom stereocenters. The van der Waals surface area contributed by atoms with Crippen LogP contribution in [0.3, 0.4) is 0 Å². The summed E-state index contributed by atoms with van der Waals surface area (Å²) in [6, 6.07) is 18.3. The molecule has 0 aliphatic rings. The van der Waals surface area contributed by atoms with E-state index in [4.69, 9.17) is 15.2 Å². The van der Waals surface area contributed by atoms with Crippen LogP contribution in [0.5, 0.6) is 11.5 Å². The topological polar surface area (TPSA) is 140 Å². The summed E-state index contributed by atoms with van der Waals surface area (Å²) in [7, 11) is 1.45. The number of aromatic hydroxyl groups is 1. The average molecular weight is 532 g/mol. The van der Waals surface area contributed by atoms with Gasteiger partial charge in [0.05, 0.1) is 18.5 Å². The fourth-order valence-electron chi connectivity index (χ4n) is 3.93. The maximum Gasteiger partial charge on any atom is 0.412 e. The minimum atomic E-state index is -0.704. The number of phenols is 1. The summed E-state index contributed by atoms with van der Waals surface area (Å²) in [5.74, 6) is -0.335. The van der Waals surface area contributed by atoms with Crippen LogP contribution in [0.2, 0.25) is 0 Å². The summed E-state index contributed by atoms with van der Waals surface area (Å²) < 4.78 is 10.9. The van der Waals surface area contributed by atoms with E-state index in [0.29, 0.717) is 46.8 Å². The van der Waals surface area contributed by atoms with E-state index >= 15 is 0 Å². The molecule has 0 saturated carbocycles. The number of benzene rings is 3. The third-order valence-corrected chi connectivity index (χ3v) is 6.10. The van der Waals surface area contributed by atoms with E-state index in [1.54, 1.807) is 66.7 Å². The molecular weight excluding hydrogens is 498 g/mol. The molecule has 0 heterocycles. The van der Waals surface area contributed by atoms with Crippen LogP contribution in [-0.4, -0.2) is 30.0 Å². The third-order valence-electron chi connectivity index (χ3n) is 6.10. The highest BCUT2D eigenvalue weighted by Gasteiger charge is 2.25. The second-order valence-corrected chi connectivity index (χ2v) is 9.05. The minimum Gasteiger partial charge on any atom is -0.504 e. The molecule has 5 N–H and O–H groups in total. The van der Waals surface area contributed by atoms with Crippen molar-refractivity contribution in [1.29, 1.82) is 0 Å². The molecule has 0 fully saturated rings. The molecule has 9 nitrogen and oxygen atoms in total. The minimum absolute atomic E-state index is 0.0759. The van der Waals surface area contributed by atoms with Gasteiger partial charge in [-0.25, -0.2) is 4.79 Å². The highest BCUT2D eigenvalue weighted by atomic mass is 16.6. The molecule has 0 spiro atoms. The van der Waals surface area contributed by atoms with Gasteiger partial charge in [-0.2, -0.15) is 0 Å². The van der Waals surface area contributed by atoms with Crippen LogP contribution < -0.4 is 21.1 Å². The summed E-state index contributed by atoms with van der Waals surface area (Å²) in [6.07, 6.45) is 2.90. The van der Waals surface area contributed by atoms with Crippen molar-refractivity contribution in [2.45, 2.75) is 32.8 Å². The lowest BCUT2D eigenvalue weighted by atomic mass is 9.92. The zero-order chi connectivity index (χ0) is 28.4. The zero-order valence-electron chi connectivity index (χ0n) is 22.1. The average Bonchev–Trinajstić information content (AvgIpc) is 2.91. The van der Waals surface area contributed by atoms with Crippen LogP contribution in [0.1, 0.15) is 48.7 Å². The van der Waals surface area contributed by atoms with Gasteiger partial charge in [0.1, 0.15) is 6.10 Å². The van der Waals surface area contributed by atoms with Crippen LogP contribution in [0, 0.1) is 5.92 Å². The van der Waals surface area contributed by atoms with E-state index in [0.717, 1.165) is 0 Å². The van der Waals surface area contributed by atoms with Crippen molar-refractivity contribution >= 4 is 34.8 Å². The van der Waals surface area contributed by atoms with Gasteiger partial charge in [-0.3, -0.25) is 14.9 Å². The van der Waals surface area contributed by atoms with Gasteiger partial charge in [0.15, 0.2) is 17.3 Å². The molecule has 0 aliphatic carbocycles. The number of phenolic OH excluding ortho intramolecular Hbond substituents is 1. The number of hydrogen-bond acceptors (Lipinski definition) is 7. The van der Waals surface area contributed by atoms with Gasteiger partial charge in [0.25, 0.3) is 0 Å². The largest absolute Gasteiger partial charge is 0.504 e. The number of ketones is 1. The van der Waals surface area contributed by atoms with Crippen molar-refractivity contribution in [3.05, 3.63) is 90.0 Å². The maximum atomic E-state index is 12.8. The fourth-order valence-corrected chi connectivity index (χ4v) is 3.93. The summed E-state index contributed by atoms with van der Waals surface area (Å²) in [6.45, 7) is 3.38. The number of ether oxygens (including phenoxy) is 2. The number of nitrogens with one attached hydrogen (secondary N) is 2. The summed E-state index contributed by atoms with van der Waals surface area (Å²) in [5.41, 5.74) is 8.47. The zero-order valence-corrected chi connectivity index (χ0v) is 22.1. The first-order valence-electron chi connectivity index (χ1n) is 12.5. The van der Waals surface area contributed by atoms with Crippen molar-refractivity contribution in [2.75, 3.05) is 23.5 Å². The maximum absolute atomic E-state index is 12.8. The van der Waals surface area contributed by atoms with Crippen molar-refractivity contribution < 1.29 is 29.0 Å². The Balaban J connectivity index is 1.67. The number of para-hydroxylation sites is 2. The molecule has 39 heavy (non-hydrogen) atoms. The number of amides is 2. The van der Waals surface area contributed by atoms with Gasteiger partial charge in [0, 0.05) is 11.3 Å². The molecule has 204 valence electrons. The van der Waals surface area contributed by atoms with Crippen molar-refractivity contribution in [2.24, 2.45) is 5.92 Å². The number of hydrogen-bond donors (Lipinski definition) is 4. The number of carbonyl (C=O) groups is 3. The Morgan fingerprint density at radius 2 is 1.74 bits per heavy atom. The van der Waals surface area contributed by atoms with E-state index in [-0.39, 0.29) is 23.4 Å². The number of rotatable bonds is 11. The number of Topliss-reactive ketones (excluding diaryl/α,β-unsaturated/α-hetero) is 1. The van der Waals surface area contributed by atoms with Gasteiger partial charge in [-0.05, 0) is 85.9 Å². The summed E-state index contributed by atoms with van der Waals surface area (Å²) >= 11 is 0. The van der Waals surface area contributed by atoms with Gasteiger partial charge in [-0.15, -0.1) is 0 Å². The van der Waals surface area contributed by atoms with E-state index in [1.807, 2.05) is 6.92 Å². The van der Waals surface area contributed by atoms with Crippen LogP contribution in [0.4, 0.5) is 21.9 Å². The molecule has 0 aliphatic heterocycles. The predicted molar refractivity (Wildman–Crippen MR) is 151 cm³/mol. The molecule has 0 unspecified atom stereocenters. The van der Waals surface area contributed by atoms with Crippen LogP contribution in [0.25, 0.3) is 0 Å². The van der Waals surface area contributed by atoms with Crippen molar-refractivity contribution in [3.8, 4) is 11.5 Å². The highest BCUT2D eigenvalue weighted by Crippen LogP contribution is 2.35. The first kappa shape index (κ1) is 28.8. The number of nitrogen functional groups attached to an aromatic ring is 1. The van der Waals surface area contributed by atoms with Crippen molar-refractivity contribution in [1.82, 2.24) is 0 Å². The Morgan fingerprint density at radius 3 is 2.38 bits per heavy atom. The second-order valence-electron chi connectivity index (χ2n) is 9.05. The van der Waals surface area contributed by atoms with E-state index in [2.05, 4.69) is 10.6 Å². The number of nitrogens with two attached hydrogens (primary N) is 1. The molecule has 3 rings (SSSR count). The van der Waals surface area contributed by atoms with E-state index in [1.165, 1.54) is 26.2 Å². The highest BCUT2D eigenvalue weighted by molar-refractivity contribution is 6.01. The SMILES string of the molecule is COc1ccc([C@H](OC(=O)Nc2ccc(C(C)=O)cc2)[C@H](C)CC/C=C/C(=O)Nc2ccccc2N)cc1O. The smallest absolute Gasteiger partial charge is 0.412 e. The molecule has 9 heteroatoms. The number of allylic oxidation sites excluding steroid dienone is 1. The first-order chi connectivity index (χ1) is 18.7. The normalized spacial score (nSPS) is 12.4. The molecular formula is C30H33N3O6. The van der Waals surface area contributed by atoms with Crippen LogP contribution >= 0.6 is 0 Å². The summed E-state index contributed by atoms with van der Waals surface area (Å²) in [5, 5.41) is 15.7. The third kappa shape index (κ3) is 8.36.